The van der Waals surface area contributed by atoms with Crippen LogP contribution in [0.4, 0.5) is 10.6 Å². The quantitative estimate of drug-likeness (QED) is 0.767. The molecule has 0 aliphatic heterocycles. The van der Waals surface area contributed by atoms with Crippen LogP contribution in [0.2, 0.25) is 0 Å². The summed E-state index contributed by atoms with van der Waals surface area (Å²) in [5, 5.41) is 19.1. The highest BCUT2D eigenvalue weighted by Gasteiger charge is 2.15. The first-order valence-corrected chi connectivity index (χ1v) is 7.38. The van der Waals surface area contributed by atoms with Gasteiger partial charge in [0.2, 0.25) is 0 Å². The number of aromatic nitrogens is 2. The van der Waals surface area contributed by atoms with E-state index in [-0.39, 0.29) is 24.7 Å². The van der Waals surface area contributed by atoms with Crippen molar-refractivity contribution in [3.8, 4) is 0 Å². The largest absolute Gasteiger partial charge is 0.396 e. The second-order valence-electron chi connectivity index (χ2n) is 5.33. The topological polar surface area (TPSA) is 79.2 Å². The van der Waals surface area contributed by atoms with Gasteiger partial charge in [0, 0.05) is 18.7 Å². The zero-order valence-electron chi connectivity index (χ0n) is 12.9. The summed E-state index contributed by atoms with van der Waals surface area (Å²) in [6.45, 7) is 3.99. The Bertz CT molecular complexity index is 595. The molecule has 0 fully saturated rings. The number of hydrogen-bond donors (Lipinski definition) is 3. The summed E-state index contributed by atoms with van der Waals surface area (Å²) in [7, 11) is 0. The van der Waals surface area contributed by atoms with E-state index < -0.39 is 0 Å². The minimum Gasteiger partial charge on any atom is -0.396 e. The van der Waals surface area contributed by atoms with E-state index in [4.69, 9.17) is 0 Å². The van der Waals surface area contributed by atoms with Gasteiger partial charge < -0.3 is 10.4 Å². The van der Waals surface area contributed by atoms with Gasteiger partial charge in [0.15, 0.2) is 0 Å². The molecule has 2 amide bonds. The highest BCUT2D eigenvalue weighted by Crippen LogP contribution is 2.17. The van der Waals surface area contributed by atoms with Crippen molar-refractivity contribution in [2.75, 3.05) is 11.9 Å². The molecule has 1 heterocycles. The highest BCUT2D eigenvalue weighted by atomic mass is 16.3. The third-order valence-electron chi connectivity index (χ3n) is 3.33. The van der Waals surface area contributed by atoms with E-state index in [1.54, 1.807) is 16.9 Å². The van der Waals surface area contributed by atoms with E-state index in [1.165, 1.54) is 0 Å². The number of urea groups is 1. The van der Waals surface area contributed by atoms with Crippen LogP contribution >= 0.6 is 0 Å². The summed E-state index contributed by atoms with van der Waals surface area (Å²) in [5.41, 5.74) is 0.962. The Morgan fingerprint density at radius 2 is 2.00 bits per heavy atom. The lowest BCUT2D eigenvalue weighted by atomic mass is 10.0. The molecule has 0 aliphatic carbocycles. The maximum Gasteiger partial charge on any atom is 0.320 e. The summed E-state index contributed by atoms with van der Waals surface area (Å²) >= 11 is 0. The van der Waals surface area contributed by atoms with E-state index in [1.807, 2.05) is 44.2 Å². The summed E-state index contributed by atoms with van der Waals surface area (Å²) in [4.78, 5) is 12.2. The van der Waals surface area contributed by atoms with E-state index in [9.17, 15) is 9.90 Å². The van der Waals surface area contributed by atoms with Crippen molar-refractivity contribution < 1.29 is 9.90 Å². The lowest BCUT2D eigenvalue weighted by Gasteiger charge is -2.19. The fourth-order valence-electron chi connectivity index (χ4n) is 2.27. The molecule has 22 heavy (non-hydrogen) atoms. The van der Waals surface area contributed by atoms with Gasteiger partial charge in [-0.1, -0.05) is 30.3 Å². The van der Waals surface area contributed by atoms with Gasteiger partial charge in [0.1, 0.15) is 5.82 Å². The Balaban J connectivity index is 2.04. The zero-order chi connectivity index (χ0) is 15.9. The minimum absolute atomic E-state index is 0.00374. The number of nitrogens with zero attached hydrogens (tertiary/aromatic N) is 2. The highest BCUT2D eigenvalue weighted by molar-refractivity contribution is 5.88. The second kappa shape index (κ2) is 7.61. The predicted molar refractivity (Wildman–Crippen MR) is 85.7 cm³/mol. The van der Waals surface area contributed by atoms with Crippen molar-refractivity contribution in [2.24, 2.45) is 0 Å². The molecule has 0 bridgehead atoms. The van der Waals surface area contributed by atoms with Crippen molar-refractivity contribution in [3.05, 3.63) is 48.2 Å². The zero-order valence-corrected chi connectivity index (χ0v) is 12.9. The molecule has 1 atom stereocenters. The molecule has 0 saturated carbocycles. The molecule has 1 aromatic heterocycles. The van der Waals surface area contributed by atoms with Gasteiger partial charge >= 0.3 is 6.03 Å². The molecule has 1 aromatic carbocycles. The molecular formula is C16H22N4O2. The molecule has 118 valence electrons. The standard InChI is InChI=1S/C16H22N4O2/c1-12(2)20-15(8-10-17-20)19-16(22)18-14(9-11-21)13-6-4-3-5-7-13/h3-8,10,12,14,21H,9,11H2,1-2H3,(H2,18,19,22)/t14-/m1/s1. The summed E-state index contributed by atoms with van der Waals surface area (Å²) < 4.78 is 1.74. The Hall–Kier alpha value is -2.34. The van der Waals surface area contributed by atoms with Gasteiger partial charge in [-0.2, -0.15) is 5.10 Å². The first kappa shape index (κ1) is 16.0. The van der Waals surface area contributed by atoms with Crippen LogP contribution in [0.5, 0.6) is 0 Å². The lowest BCUT2D eigenvalue weighted by molar-refractivity contribution is 0.239. The molecule has 0 radical (unpaired) electrons. The molecule has 0 unspecified atom stereocenters. The summed E-state index contributed by atoms with van der Waals surface area (Å²) in [5.74, 6) is 0.642. The molecule has 0 aliphatic rings. The van der Waals surface area contributed by atoms with Crippen molar-refractivity contribution in [3.63, 3.8) is 0 Å². The van der Waals surface area contributed by atoms with Crippen LogP contribution in [0.1, 0.15) is 37.9 Å². The number of aliphatic hydroxyl groups is 1. The number of nitrogens with one attached hydrogen (secondary N) is 2. The predicted octanol–water partition coefficient (Wildman–Crippen LogP) is 2.71. The normalized spacial score (nSPS) is 12.2. The first-order chi connectivity index (χ1) is 10.6. The van der Waals surface area contributed by atoms with Crippen LogP contribution in [-0.2, 0) is 0 Å². The molecule has 6 nitrogen and oxygen atoms in total. The Labute approximate surface area is 130 Å². The number of rotatable bonds is 6. The summed E-state index contributed by atoms with van der Waals surface area (Å²) in [6.07, 6.45) is 2.11. The molecule has 0 spiro atoms. The van der Waals surface area contributed by atoms with Gasteiger partial charge in [-0.05, 0) is 25.8 Å². The molecular weight excluding hydrogens is 280 g/mol. The fraction of sp³-hybridized carbons (Fsp3) is 0.375. The minimum atomic E-state index is -0.315. The lowest BCUT2D eigenvalue weighted by Crippen LogP contribution is -2.33. The van der Waals surface area contributed by atoms with Gasteiger partial charge in [-0.3, -0.25) is 5.32 Å². The average Bonchev–Trinajstić information content (AvgIpc) is 2.96. The van der Waals surface area contributed by atoms with Crippen LogP contribution in [-0.4, -0.2) is 27.5 Å². The fourth-order valence-corrected chi connectivity index (χ4v) is 2.27. The SMILES string of the molecule is CC(C)n1nccc1NC(=O)N[C@H](CCO)c1ccccc1. The van der Waals surface area contributed by atoms with Crippen molar-refractivity contribution >= 4 is 11.8 Å². The number of amides is 2. The number of carbonyl (C=O) groups excluding carboxylic acids is 1. The molecule has 2 aromatic rings. The molecule has 6 heteroatoms. The Morgan fingerprint density at radius 1 is 1.27 bits per heavy atom. The Kier molecular flexibility index (Phi) is 5.55. The number of benzene rings is 1. The second-order valence-corrected chi connectivity index (χ2v) is 5.33. The first-order valence-electron chi connectivity index (χ1n) is 7.38. The maximum absolute atomic E-state index is 12.2. The molecule has 3 N–H and O–H groups in total. The van der Waals surface area contributed by atoms with E-state index in [0.29, 0.717) is 12.2 Å². The maximum atomic E-state index is 12.2. The molecule has 2 rings (SSSR count). The number of hydrogen-bond acceptors (Lipinski definition) is 3. The van der Waals surface area contributed by atoms with Crippen molar-refractivity contribution in [2.45, 2.75) is 32.4 Å². The average molecular weight is 302 g/mol. The number of carbonyl (C=O) groups is 1. The van der Waals surface area contributed by atoms with E-state index >= 15 is 0 Å². The third-order valence-corrected chi connectivity index (χ3v) is 3.33. The number of anilines is 1. The van der Waals surface area contributed by atoms with Crippen LogP contribution in [0, 0.1) is 0 Å². The molecule has 0 saturated heterocycles. The van der Waals surface area contributed by atoms with Crippen LogP contribution in [0.15, 0.2) is 42.6 Å². The van der Waals surface area contributed by atoms with E-state index in [0.717, 1.165) is 5.56 Å². The van der Waals surface area contributed by atoms with Crippen LogP contribution < -0.4 is 10.6 Å². The third kappa shape index (κ3) is 4.08. The van der Waals surface area contributed by atoms with E-state index in [2.05, 4.69) is 15.7 Å². The van der Waals surface area contributed by atoms with Gasteiger partial charge in [0.05, 0.1) is 12.2 Å². The van der Waals surface area contributed by atoms with Crippen LogP contribution in [0.25, 0.3) is 0 Å². The van der Waals surface area contributed by atoms with Gasteiger partial charge in [-0.25, -0.2) is 9.48 Å². The smallest absolute Gasteiger partial charge is 0.320 e. The number of aliphatic hydroxyl groups excluding tert-OH is 1. The van der Waals surface area contributed by atoms with Gasteiger partial charge in [-0.15, -0.1) is 0 Å². The Morgan fingerprint density at radius 3 is 2.64 bits per heavy atom. The van der Waals surface area contributed by atoms with Crippen LogP contribution in [0.3, 0.4) is 0 Å². The van der Waals surface area contributed by atoms with Crippen molar-refractivity contribution in [1.29, 1.82) is 0 Å². The monoisotopic (exact) mass is 302 g/mol. The van der Waals surface area contributed by atoms with Crippen molar-refractivity contribution in [1.82, 2.24) is 15.1 Å². The van der Waals surface area contributed by atoms with Gasteiger partial charge in [0.25, 0.3) is 0 Å². The summed E-state index contributed by atoms with van der Waals surface area (Å²) in [6, 6.07) is 11.0.